The number of benzene rings is 1. The van der Waals surface area contributed by atoms with Gasteiger partial charge in [-0.15, -0.1) is 0 Å². The SMILES string of the molecule is N[C@@H](c1c(F)c(F)c(F)c(F)c1F)C1CC1. The Morgan fingerprint density at radius 2 is 1.19 bits per heavy atom. The monoisotopic (exact) mass is 237 g/mol. The number of halogens is 5. The molecule has 0 spiro atoms. The number of hydrogen-bond donors (Lipinski definition) is 1. The van der Waals surface area contributed by atoms with Gasteiger partial charge >= 0.3 is 0 Å². The first-order valence-corrected chi connectivity index (χ1v) is 4.72. The Balaban J connectivity index is 2.59. The number of rotatable bonds is 2. The molecule has 0 aromatic heterocycles. The summed E-state index contributed by atoms with van der Waals surface area (Å²) in [7, 11) is 0. The molecular formula is C10H8F5N. The first-order valence-electron chi connectivity index (χ1n) is 4.72. The highest BCUT2D eigenvalue weighted by Gasteiger charge is 2.36. The lowest BCUT2D eigenvalue weighted by Crippen LogP contribution is -2.19. The third-order valence-electron chi connectivity index (χ3n) is 2.71. The molecule has 2 rings (SSSR count). The third-order valence-corrected chi connectivity index (χ3v) is 2.71. The van der Waals surface area contributed by atoms with Gasteiger partial charge in [0, 0.05) is 11.6 Å². The Morgan fingerprint density at radius 3 is 1.56 bits per heavy atom. The van der Waals surface area contributed by atoms with Crippen molar-refractivity contribution >= 4 is 0 Å². The topological polar surface area (TPSA) is 26.0 Å². The molecule has 1 aliphatic rings. The van der Waals surface area contributed by atoms with Gasteiger partial charge in [-0.05, 0) is 18.8 Å². The Morgan fingerprint density at radius 1 is 0.812 bits per heavy atom. The molecule has 16 heavy (non-hydrogen) atoms. The fourth-order valence-electron chi connectivity index (χ4n) is 1.61. The second-order valence-corrected chi connectivity index (χ2v) is 3.85. The van der Waals surface area contributed by atoms with Gasteiger partial charge in [0.1, 0.15) is 0 Å². The molecule has 6 heteroatoms. The summed E-state index contributed by atoms with van der Waals surface area (Å²) in [5, 5.41) is 0. The lowest BCUT2D eigenvalue weighted by molar-refractivity contribution is 0.360. The maximum Gasteiger partial charge on any atom is 0.200 e. The molecule has 2 N–H and O–H groups in total. The zero-order valence-electron chi connectivity index (χ0n) is 8.04. The molecule has 0 unspecified atom stereocenters. The summed E-state index contributed by atoms with van der Waals surface area (Å²) in [6.07, 6.45) is 1.28. The van der Waals surface area contributed by atoms with E-state index in [4.69, 9.17) is 5.73 Å². The molecule has 1 nitrogen and oxygen atoms in total. The van der Waals surface area contributed by atoms with E-state index in [0.717, 1.165) is 0 Å². The highest BCUT2D eigenvalue weighted by molar-refractivity contribution is 5.28. The van der Waals surface area contributed by atoms with Crippen LogP contribution < -0.4 is 5.73 Å². The molecule has 1 fully saturated rings. The maximum absolute atomic E-state index is 13.2. The van der Waals surface area contributed by atoms with Crippen molar-refractivity contribution in [3.63, 3.8) is 0 Å². The van der Waals surface area contributed by atoms with Crippen LogP contribution in [0.4, 0.5) is 22.0 Å². The molecule has 1 aromatic carbocycles. The van der Waals surface area contributed by atoms with Crippen LogP contribution >= 0.6 is 0 Å². The van der Waals surface area contributed by atoms with Crippen molar-refractivity contribution in [2.45, 2.75) is 18.9 Å². The fourth-order valence-corrected chi connectivity index (χ4v) is 1.61. The van der Waals surface area contributed by atoms with Crippen molar-refractivity contribution in [3.8, 4) is 0 Å². The Bertz CT molecular complexity index is 412. The first kappa shape index (κ1) is 11.3. The van der Waals surface area contributed by atoms with Crippen LogP contribution in [0.3, 0.4) is 0 Å². The van der Waals surface area contributed by atoms with Gasteiger partial charge in [-0.1, -0.05) is 0 Å². The van der Waals surface area contributed by atoms with E-state index in [1.807, 2.05) is 0 Å². The minimum Gasteiger partial charge on any atom is -0.324 e. The van der Waals surface area contributed by atoms with E-state index < -0.39 is 40.7 Å². The molecule has 1 aliphatic carbocycles. The predicted octanol–water partition coefficient (Wildman–Crippen LogP) is 2.79. The van der Waals surface area contributed by atoms with Gasteiger partial charge < -0.3 is 5.73 Å². The van der Waals surface area contributed by atoms with Crippen LogP contribution in [0.2, 0.25) is 0 Å². The summed E-state index contributed by atoms with van der Waals surface area (Å²) in [6, 6.07) is -1.13. The van der Waals surface area contributed by atoms with Gasteiger partial charge in [-0.3, -0.25) is 0 Å². The van der Waals surface area contributed by atoms with E-state index in [2.05, 4.69) is 0 Å². The largest absolute Gasteiger partial charge is 0.324 e. The standard InChI is InChI=1S/C10H8F5N/c11-5-4(10(16)3-1-2-3)6(12)8(14)9(15)7(5)13/h3,10H,1-2,16H2/t10-/m1/s1. The molecule has 0 amide bonds. The quantitative estimate of drug-likeness (QED) is 0.477. The molecular weight excluding hydrogens is 229 g/mol. The molecule has 0 bridgehead atoms. The average molecular weight is 237 g/mol. The molecule has 88 valence electrons. The summed E-state index contributed by atoms with van der Waals surface area (Å²) in [4.78, 5) is 0. The van der Waals surface area contributed by atoms with Gasteiger partial charge in [0.2, 0.25) is 5.82 Å². The van der Waals surface area contributed by atoms with Crippen LogP contribution in [0.5, 0.6) is 0 Å². The highest BCUT2D eigenvalue weighted by Crippen LogP contribution is 2.41. The molecule has 1 saturated carbocycles. The summed E-state index contributed by atoms with van der Waals surface area (Å²) in [5.74, 6) is -9.88. The lowest BCUT2D eigenvalue weighted by atomic mass is 10.0. The van der Waals surface area contributed by atoms with Crippen molar-refractivity contribution in [1.29, 1.82) is 0 Å². The third kappa shape index (κ3) is 1.57. The van der Waals surface area contributed by atoms with Crippen molar-refractivity contribution in [2.75, 3.05) is 0 Å². The predicted molar refractivity (Wildman–Crippen MR) is 45.9 cm³/mol. The highest BCUT2D eigenvalue weighted by atomic mass is 19.2. The van der Waals surface area contributed by atoms with E-state index in [1.54, 1.807) is 0 Å². The van der Waals surface area contributed by atoms with Crippen molar-refractivity contribution < 1.29 is 22.0 Å². The maximum atomic E-state index is 13.2. The summed E-state index contributed by atoms with van der Waals surface area (Å²) < 4.78 is 64.9. The summed E-state index contributed by atoms with van der Waals surface area (Å²) in [5.41, 5.74) is 4.55. The summed E-state index contributed by atoms with van der Waals surface area (Å²) >= 11 is 0. The van der Waals surface area contributed by atoms with E-state index in [9.17, 15) is 22.0 Å². The zero-order chi connectivity index (χ0) is 12.0. The molecule has 0 heterocycles. The average Bonchev–Trinajstić information content (AvgIpc) is 3.07. The normalized spacial score (nSPS) is 17.6. The minimum atomic E-state index is -2.15. The van der Waals surface area contributed by atoms with Gasteiger partial charge in [0.15, 0.2) is 23.3 Å². The van der Waals surface area contributed by atoms with E-state index in [0.29, 0.717) is 12.8 Å². The molecule has 1 aromatic rings. The van der Waals surface area contributed by atoms with Crippen LogP contribution in [0.15, 0.2) is 0 Å². The van der Waals surface area contributed by atoms with Crippen LogP contribution in [0.1, 0.15) is 24.4 Å². The van der Waals surface area contributed by atoms with Crippen LogP contribution in [0, 0.1) is 35.0 Å². The summed E-state index contributed by atoms with van der Waals surface area (Å²) in [6.45, 7) is 0. The van der Waals surface area contributed by atoms with Crippen LogP contribution in [-0.4, -0.2) is 0 Å². The van der Waals surface area contributed by atoms with E-state index in [1.165, 1.54) is 0 Å². The second kappa shape index (κ2) is 3.69. The number of hydrogen-bond acceptors (Lipinski definition) is 1. The molecule has 0 aliphatic heterocycles. The van der Waals surface area contributed by atoms with Gasteiger partial charge in [0.25, 0.3) is 0 Å². The van der Waals surface area contributed by atoms with Crippen LogP contribution in [0.25, 0.3) is 0 Å². The minimum absolute atomic E-state index is 0.201. The lowest BCUT2D eigenvalue weighted by Gasteiger charge is -2.14. The van der Waals surface area contributed by atoms with E-state index >= 15 is 0 Å². The Kier molecular flexibility index (Phi) is 2.61. The first-order chi connectivity index (χ1) is 7.45. The van der Waals surface area contributed by atoms with Gasteiger partial charge in [-0.25, -0.2) is 22.0 Å². The van der Waals surface area contributed by atoms with E-state index in [-0.39, 0.29) is 5.92 Å². The molecule has 0 radical (unpaired) electrons. The fraction of sp³-hybridized carbons (Fsp3) is 0.400. The molecule has 1 atom stereocenters. The van der Waals surface area contributed by atoms with Gasteiger partial charge in [-0.2, -0.15) is 0 Å². The Labute approximate surface area is 88.1 Å². The smallest absolute Gasteiger partial charge is 0.200 e. The second-order valence-electron chi connectivity index (χ2n) is 3.85. The van der Waals surface area contributed by atoms with Crippen molar-refractivity contribution in [2.24, 2.45) is 11.7 Å². The van der Waals surface area contributed by atoms with Crippen molar-refractivity contribution in [3.05, 3.63) is 34.6 Å². The van der Waals surface area contributed by atoms with Crippen LogP contribution in [-0.2, 0) is 0 Å². The van der Waals surface area contributed by atoms with Gasteiger partial charge in [0.05, 0.1) is 0 Å². The zero-order valence-corrected chi connectivity index (χ0v) is 8.04. The molecule has 0 saturated heterocycles. The number of nitrogens with two attached hydrogens (primary N) is 1. The van der Waals surface area contributed by atoms with Crippen molar-refractivity contribution in [1.82, 2.24) is 0 Å². The Hall–Kier alpha value is -1.17.